The van der Waals surface area contributed by atoms with Crippen LogP contribution in [0.5, 0.6) is 0 Å². The van der Waals surface area contributed by atoms with Crippen LogP contribution >= 0.6 is 0 Å². The van der Waals surface area contributed by atoms with Crippen LogP contribution in [0.4, 0.5) is 0 Å². The van der Waals surface area contributed by atoms with Gasteiger partial charge in [-0.25, -0.2) is 0 Å². The average molecular weight is 365 g/mol. The number of hydrogen-bond acceptors (Lipinski definition) is 4. The first-order valence-electron chi connectivity index (χ1n) is 10.5. The lowest BCUT2D eigenvalue weighted by molar-refractivity contribution is -0.135. The zero-order chi connectivity index (χ0) is 18.2. The molecule has 3 atom stereocenters. The molecule has 1 aliphatic heterocycles. The van der Waals surface area contributed by atoms with Crippen molar-refractivity contribution in [2.45, 2.75) is 57.4 Å². The van der Waals surface area contributed by atoms with E-state index in [1.54, 1.807) is 0 Å². The van der Waals surface area contributed by atoms with Crippen LogP contribution in [0.3, 0.4) is 0 Å². The minimum atomic E-state index is -0.0381. The molecule has 3 fully saturated rings. The predicted octanol–water partition coefficient (Wildman–Crippen LogP) is 4.62. The Hall–Kier alpha value is -2.17. The summed E-state index contributed by atoms with van der Waals surface area (Å²) in [5.41, 5.74) is 0.927. The summed E-state index contributed by atoms with van der Waals surface area (Å²) in [5, 5.41) is 4.28. The summed E-state index contributed by atoms with van der Waals surface area (Å²) >= 11 is 0. The minimum Gasteiger partial charge on any atom is -0.334 e. The lowest BCUT2D eigenvalue weighted by Gasteiger charge is -2.28. The summed E-state index contributed by atoms with van der Waals surface area (Å²) in [4.78, 5) is 20.1. The standard InChI is InChI=1S/C22H27N3O2/c26-22(19-16-11-6-7-12-17(16)19)25-14-8-2-5-13-18(25)20-23-21(27-24-20)15-9-3-1-4-10-15/h1,3-4,9-10,16-19H,2,5-8,11-14H2. The van der Waals surface area contributed by atoms with Gasteiger partial charge in [0.25, 0.3) is 5.89 Å². The van der Waals surface area contributed by atoms with Gasteiger partial charge in [-0.1, -0.05) is 49.0 Å². The molecular formula is C22H27N3O2. The van der Waals surface area contributed by atoms with Crippen LogP contribution in [0.25, 0.3) is 11.5 Å². The molecule has 0 bridgehead atoms. The highest BCUT2D eigenvalue weighted by atomic mass is 16.5. The highest BCUT2D eigenvalue weighted by molar-refractivity contribution is 5.83. The number of nitrogens with zero attached hydrogens (tertiary/aromatic N) is 3. The third kappa shape index (κ3) is 3.17. The molecule has 3 unspecified atom stereocenters. The van der Waals surface area contributed by atoms with Gasteiger partial charge in [-0.3, -0.25) is 4.79 Å². The zero-order valence-corrected chi connectivity index (χ0v) is 15.7. The van der Waals surface area contributed by atoms with Gasteiger partial charge in [0.2, 0.25) is 5.91 Å². The van der Waals surface area contributed by atoms with Crippen molar-refractivity contribution < 1.29 is 9.32 Å². The molecule has 27 heavy (non-hydrogen) atoms. The van der Waals surface area contributed by atoms with Crippen LogP contribution in [0, 0.1) is 17.8 Å². The number of aromatic nitrogens is 2. The van der Waals surface area contributed by atoms with Crippen LogP contribution in [0.15, 0.2) is 34.9 Å². The number of carbonyl (C=O) groups excluding carboxylic acids is 1. The van der Waals surface area contributed by atoms with Gasteiger partial charge in [-0.15, -0.1) is 0 Å². The molecule has 1 aromatic heterocycles. The van der Waals surface area contributed by atoms with Crippen molar-refractivity contribution in [3.63, 3.8) is 0 Å². The van der Waals surface area contributed by atoms with Gasteiger partial charge >= 0.3 is 0 Å². The molecule has 5 rings (SSSR count). The second kappa shape index (κ2) is 7.10. The second-order valence-corrected chi connectivity index (χ2v) is 8.36. The van der Waals surface area contributed by atoms with E-state index in [1.165, 1.54) is 32.1 Å². The van der Waals surface area contributed by atoms with Crippen LogP contribution in [-0.2, 0) is 4.79 Å². The maximum atomic E-state index is 13.4. The van der Waals surface area contributed by atoms with Gasteiger partial charge in [0.15, 0.2) is 5.82 Å². The number of benzene rings is 1. The Labute approximate surface area is 160 Å². The maximum Gasteiger partial charge on any atom is 0.257 e. The van der Waals surface area contributed by atoms with E-state index in [1.807, 2.05) is 30.3 Å². The molecule has 5 heteroatoms. The molecule has 5 nitrogen and oxygen atoms in total. The number of fused-ring (bicyclic) bond motifs is 1. The number of carbonyl (C=O) groups is 1. The van der Waals surface area contributed by atoms with E-state index < -0.39 is 0 Å². The van der Waals surface area contributed by atoms with Crippen molar-refractivity contribution in [3.05, 3.63) is 36.2 Å². The van der Waals surface area contributed by atoms with E-state index in [9.17, 15) is 4.79 Å². The molecular weight excluding hydrogens is 338 g/mol. The van der Waals surface area contributed by atoms with E-state index >= 15 is 0 Å². The lowest BCUT2D eigenvalue weighted by Crippen LogP contribution is -2.37. The third-order valence-electron chi connectivity index (χ3n) is 6.74. The summed E-state index contributed by atoms with van der Waals surface area (Å²) < 4.78 is 5.54. The first-order chi connectivity index (χ1) is 13.3. The molecule has 1 saturated heterocycles. The third-order valence-corrected chi connectivity index (χ3v) is 6.74. The molecule has 0 N–H and O–H groups in total. The van der Waals surface area contributed by atoms with Gasteiger partial charge in [0, 0.05) is 18.0 Å². The predicted molar refractivity (Wildman–Crippen MR) is 102 cm³/mol. The largest absolute Gasteiger partial charge is 0.334 e. The van der Waals surface area contributed by atoms with Crippen LogP contribution in [0.1, 0.15) is 63.2 Å². The Morgan fingerprint density at radius 1 is 0.963 bits per heavy atom. The summed E-state index contributed by atoms with van der Waals surface area (Å²) in [7, 11) is 0. The van der Waals surface area contributed by atoms with E-state index in [-0.39, 0.29) is 12.0 Å². The minimum absolute atomic E-state index is 0.0381. The van der Waals surface area contributed by atoms with Crippen LogP contribution in [-0.4, -0.2) is 27.5 Å². The van der Waals surface area contributed by atoms with Gasteiger partial charge in [0.1, 0.15) is 0 Å². The Balaban J connectivity index is 1.39. The maximum absolute atomic E-state index is 13.4. The van der Waals surface area contributed by atoms with Crippen molar-refractivity contribution in [2.75, 3.05) is 6.54 Å². The van der Waals surface area contributed by atoms with Gasteiger partial charge in [0.05, 0.1) is 6.04 Å². The highest BCUT2D eigenvalue weighted by Crippen LogP contribution is 2.56. The van der Waals surface area contributed by atoms with Crippen molar-refractivity contribution in [3.8, 4) is 11.5 Å². The van der Waals surface area contributed by atoms with Crippen LogP contribution in [0.2, 0.25) is 0 Å². The number of hydrogen-bond donors (Lipinski definition) is 0. The van der Waals surface area contributed by atoms with Crippen molar-refractivity contribution in [1.82, 2.24) is 15.0 Å². The van der Waals surface area contributed by atoms with Gasteiger partial charge in [-0.2, -0.15) is 4.98 Å². The van der Waals surface area contributed by atoms with Gasteiger partial charge in [-0.05, 0) is 49.7 Å². The Kier molecular flexibility index (Phi) is 4.46. The highest BCUT2D eigenvalue weighted by Gasteiger charge is 2.56. The number of rotatable bonds is 3. The molecule has 0 spiro atoms. The number of likely N-dealkylation sites (tertiary alicyclic amines) is 1. The Morgan fingerprint density at radius 2 is 1.70 bits per heavy atom. The molecule has 1 aromatic carbocycles. The monoisotopic (exact) mass is 365 g/mol. The van der Waals surface area contributed by atoms with E-state index in [0.717, 1.165) is 31.4 Å². The quantitative estimate of drug-likeness (QED) is 0.796. The summed E-state index contributed by atoms with van der Waals surface area (Å²) in [6, 6.07) is 9.82. The summed E-state index contributed by atoms with van der Waals surface area (Å²) in [6.07, 6.45) is 9.34. The molecule has 2 aliphatic carbocycles. The zero-order valence-electron chi connectivity index (χ0n) is 15.7. The normalized spacial score (nSPS) is 30.4. The van der Waals surface area contributed by atoms with Gasteiger partial charge < -0.3 is 9.42 Å². The fourth-order valence-corrected chi connectivity index (χ4v) is 5.26. The lowest BCUT2D eigenvalue weighted by atomic mass is 10.0. The molecule has 2 aromatic rings. The molecule has 142 valence electrons. The summed E-state index contributed by atoms with van der Waals surface area (Å²) in [5.74, 6) is 3.11. The van der Waals surface area contributed by atoms with E-state index in [4.69, 9.17) is 4.52 Å². The molecule has 0 radical (unpaired) electrons. The van der Waals surface area contributed by atoms with E-state index in [2.05, 4.69) is 15.0 Å². The number of amides is 1. The van der Waals surface area contributed by atoms with Crippen molar-refractivity contribution in [1.29, 1.82) is 0 Å². The Morgan fingerprint density at radius 3 is 2.48 bits per heavy atom. The van der Waals surface area contributed by atoms with Crippen molar-refractivity contribution in [2.24, 2.45) is 17.8 Å². The van der Waals surface area contributed by atoms with Crippen LogP contribution < -0.4 is 0 Å². The fourth-order valence-electron chi connectivity index (χ4n) is 5.26. The fraction of sp³-hybridized carbons (Fsp3) is 0.591. The Bertz CT molecular complexity index is 791. The average Bonchev–Trinajstić information content (AvgIpc) is 3.34. The molecule has 2 saturated carbocycles. The smallest absolute Gasteiger partial charge is 0.257 e. The first-order valence-corrected chi connectivity index (χ1v) is 10.5. The summed E-state index contributed by atoms with van der Waals surface area (Å²) in [6.45, 7) is 0.828. The molecule has 3 aliphatic rings. The molecule has 1 amide bonds. The van der Waals surface area contributed by atoms with E-state index in [0.29, 0.717) is 29.5 Å². The molecule has 2 heterocycles. The second-order valence-electron chi connectivity index (χ2n) is 8.36. The SMILES string of the molecule is O=C(C1C2CCCCC21)N1CCCCCC1c1noc(-c2ccccc2)n1. The first kappa shape index (κ1) is 17.0. The topological polar surface area (TPSA) is 59.2 Å². The van der Waals surface area contributed by atoms with Crippen molar-refractivity contribution >= 4 is 5.91 Å².